The molecule has 41 heavy (non-hydrogen) atoms. The average Bonchev–Trinajstić information content (AvgIpc) is 3.28. The molecule has 0 aromatic heterocycles. The molecule has 0 bridgehead atoms. The highest BCUT2D eigenvalue weighted by atomic mass is 79.9. The van der Waals surface area contributed by atoms with E-state index in [0.29, 0.717) is 0 Å². The van der Waals surface area contributed by atoms with Crippen molar-refractivity contribution in [3.05, 3.63) is 57.6 Å². The Bertz CT molecular complexity index is 1140. The number of hydrogen-bond acceptors (Lipinski definition) is 0. The standard InChI is InChI=1S/C37H58Br2P2/c1-31(2,3)23-19-25(33(7,8)9)29(26(20-23)34(10,11)12)40-37(38,39)41(40)30-27(35(13,14)15)21-24(32(4,5)6)22-28(30)36(16,17)18/h19-22H,1-18H3/t40-,41-/m1/s1. The minimum Gasteiger partial charge on any atom is -0.0609 e. The van der Waals surface area contributed by atoms with Crippen LogP contribution in [0.4, 0.5) is 0 Å². The second-order valence-electron chi connectivity index (χ2n) is 18.5. The molecule has 1 saturated heterocycles. The van der Waals surface area contributed by atoms with Crippen LogP contribution in [0.3, 0.4) is 0 Å². The van der Waals surface area contributed by atoms with E-state index < -0.39 is 15.2 Å². The maximum Gasteiger partial charge on any atom is 0.135 e. The van der Waals surface area contributed by atoms with Gasteiger partial charge in [0.05, 0.1) is 0 Å². The van der Waals surface area contributed by atoms with Crippen molar-refractivity contribution in [3.8, 4) is 0 Å². The van der Waals surface area contributed by atoms with Crippen LogP contribution in [0.2, 0.25) is 0 Å². The first kappa shape index (κ1) is 35.7. The molecule has 0 spiro atoms. The van der Waals surface area contributed by atoms with Crippen molar-refractivity contribution in [2.75, 3.05) is 0 Å². The fraction of sp³-hybridized carbons (Fsp3) is 0.676. The van der Waals surface area contributed by atoms with Gasteiger partial charge in [-0.05, 0) is 91.7 Å². The van der Waals surface area contributed by atoms with Crippen LogP contribution in [-0.2, 0) is 32.5 Å². The van der Waals surface area contributed by atoms with Gasteiger partial charge in [0.1, 0.15) is 2.72 Å². The molecule has 230 valence electrons. The van der Waals surface area contributed by atoms with Gasteiger partial charge in [0.15, 0.2) is 0 Å². The first-order valence-corrected chi connectivity index (χ1v) is 20.3. The molecule has 2 atom stereocenters. The van der Waals surface area contributed by atoms with Crippen molar-refractivity contribution < 1.29 is 0 Å². The van der Waals surface area contributed by atoms with Crippen LogP contribution in [0.25, 0.3) is 0 Å². The van der Waals surface area contributed by atoms with E-state index in [0.717, 1.165) is 0 Å². The Morgan fingerprint density at radius 1 is 0.390 bits per heavy atom. The Hall–Kier alpha value is 0.260. The molecule has 1 aliphatic heterocycles. The molecule has 0 amide bonds. The highest BCUT2D eigenvalue weighted by Gasteiger charge is 2.66. The van der Waals surface area contributed by atoms with Gasteiger partial charge in [0.25, 0.3) is 0 Å². The van der Waals surface area contributed by atoms with Gasteiger partial charge in [-0.1, -0.05) is 181 Å². The summed E-state index contributed by atoms with van der Waals surface area (Å²) in [7, 11) is -1.03. The summed E-state index contributed by atoms with van der Waals surface area (Å²) in [5.74, 6) is 0. The highest BCUT2D eigenvalue weighted by Crippen LogP contribution is 3.06. The molecule has 1 aliphatic rings. The van der Waals surface area contributed by atoms with Crippen molar-refractivity contribution >= 4 is 57.7 Å². The SMILES string of the molecule is CC(C)(C)c1cc(C(C)(C)C)c([P@@]2[P@](c3c(C(C)(C)C)cc(C(C)(C)C)cc3C(C)(C)C)C2(Br)Br)c(C(C)(C)C)c1. The van der Waals surface area contributed by atoms with Gasteiger partial charge < -0.3 is 0 Å². The maximum atomic E-state index is 4.39. The van der Waals surface area contributed by atoms with E-state index >= 15 is 0 Å². The normalized spacial score (nSPS) is 20.4. The molecule has 2 aromatic rings. The Balaban J connectivity index is 2.50. The summed E-state index contributed by atoms with van der Waals surface area (Å²) in [4.78, 5) is 0. The van der Waals surface area contributed by atoms with E-state index in [-0.39, 0.29) is 35.2 Å². The number of benzene rings is 2. The zero-order valence-electron chi connectivity index (χ0n) is 29.5. The molecule has 0 N–H and O–H groups in total. The van der Waals surface area contributed by atoms with Gasteiger partial charge in [-0.25, -0.2) is 0 Å². The van der Waals surface area contributed by atoms with Crippen LogP contribution in [0, 0.1) is 0 Å². The quantitative estimate of drug-likeness (QED) is 0.214. The third-order valence-electron chi connectivity index (χ3n) is 8.28. The van der Waals surface area contributed by atoms with E-state index in [1.165, 1.54) is 33.4 Å². The summed E-state index contributed by atoms with van der Waals surface area (Å²) in [6, 6.07) is 10.2. The predicted molar refractivity (Wildman–Crippen MR) is 199 cm³/mol. The molecule has 0 aliphatic carbocycles. The molecule has 0 radical (unpaired) electrons. The lowest BCUT2D eigenvalue weighted by Gasteiger charge is -2.35. The van der Waals surface area contributed by atoms with Crippen molar-refractivity contribution in [1.29, 1.82) is 0 Å². The Morgan fingerprint density at radius 3 is 0.732 bits per heavy atom. The molecule has 0 unspecified atom stereocenters. The summed E-state index contributed by atoms with van der Waals surface area (Å²) in [6.07, 6.45) is 0. The first-order chi connectivity index (χ1) is 17.9. The molecule has 1 fully saturated rings. The fourth-order valence-electron chi connectivity index (χ4n) is 5.53. The summed E-state index contributed by atoms with van der Waals surface area (Å²) < 4.78 is -0.0723. The Kier molecular flexibility index (Phi) is 9.30. The van der Waals surface area contributed by atoms with Crippen LogP contribution in [0.1, 0.15) is 158 Å². The lowest BCUT2D eigenvalue weighted by molar-refractivity contribution is 0.553. The fourth-order valence-corrected chi connectivity index (χ4v) is 20.8. The summed E-state index contributed by atoms with van der Waals surface area (Å²) in [5.41, 5.74) is 9.45. The van der Waals surface area contributed by atoms with E-state index in [9.17, 15) is 0 Å². The van der Waals surface area contributed by atoms with E-state index in [1.54, 1.807) is 10.6 Å². The molecular formula is C37H58Br2P2. The topological polar surface area (TPSA) is 0 Å². The number of alkyl halides is 2. The van der Waals surface area contributed by atoms with Crippen LogP contribution < -0.4 is 10.6 Å². The van der Waals surface area contributed by atoms with Crippen molar-refractivity contribution in [1.82, 2.24) is 0 Å². The molecule has 3 rings (SSSR count). The zero-order valence-corrected chi connectivity index (χ0v) is 34.4. The highest BCUT2D eigenvalue weighted by molar-refractivity contribution is 9.33. The molecule has 1 heterocycles. The second-order valence-corrected chi connectivity index (χ2v) is 30.6. The van der Waals surface area contributed by atoms with Crippen molar-refractivity contribution in [2.24, 2.45) is 0 Å². The third kappa shape index (κ3) is 7.23. The minimum absolute atomic E-state index is 0.0500. The second kappa shape index (κ2) is 10.7. The largest absolute Gasteiger partial charge is 0.135 e. The predicted octanol–water partition coefficient (Wildman–Crippen LogP) is 12.7. The third-order valence-corrected chi connectivity index (χ3v) is 23.5. The summed E-state index contributed by atoms with van der Waals surface area (Å²) in [6.45, 7) is 43.1. The molecule has 2 aromatic carbocycles. The van der Waals surface area contributed by atoms with E-state index in [2.05, 4.69) is 181 Å². The first-order valence-electron chi connectivity index (χ1n) is 15.3. The zero-order chi connectivity index (χ0) is 32.1. The van der Waals surface area contributed by atoms with Gasteiger partial charge in [-0.15, -0.1) is 0 Å². The Labute approximate surface area is 273 Å². The molecule has 0 nitrogen and oxygen atoms in total. The summed E-state index contributed by atoms with van der Waals surface area (Å²) in [5, 5.41) is 3.26. The van der Waals surface area contributed by atoms with Gasteiger partial charge in [0, 0.05) is 0 Å². The molecular weight excluding hydrogens is 666 g/mol. The lowest BCUT2D eigenvalue weighted by atomic mass is 9.75. The number of rotatable bonds is 2. The minimum atomic E-state index is -0.513. The van der Waals surface area contributed by atoms with Gasteiger partial charge in [-0.3, -0.25) is 0 Å². The van der Waals surface area contributed by atoms with Crippen LogP contribution in [0.15, 0.2) is 24.3 Å². The smallest absolute Gasteiger partial charge is 0.0609 e. The van der Waals surface area contributed by atoms with E-state index in [4.69, 9.17) is 0 Å². The van der Waals surface area contributed by atoms with Crippen LogP contribution in [0.5, 0.6) is 0 Å². The average molecular weight is 725 g/mol. The summed E-state index contributed by atoms with van der Waals surface area (Å²) >= 11 is 8.77. The molecule has 0 saturated carbocycles. The van der Waals surface area contributed by atoms with Gasteiger partial charge in [0.2, 0.25) is 0 Å². The maximum absolute atomic E-state index is 4.39. The number of halogens is 2. The number of hydrogen-bond donors (Lipinski definition) is 0. The van der Waals surface area contributed by atoms with Crippen molar-refractivity contribution in [2.45, 2.75) is 160 Å². The lowest BCUT2D eigenvalue weighted by Crippen LogP contribution is -2.31. The Morgan fingerprint density at radius 2 is 0.585 bits per heavy atom. The van der Waals surface area contributed by atoms with Gasteiger partial charge >= 0.3 is 0 Å². The monoisotopic (exact) mass is 722 g/mol. The van der Waals surface area contributed by atoms with Gasteiger partial charge in [-0.2, -0.15) is 0 Å². The van der Waals surface area contributed by atoms with Crippen molar-refractivity contribution in [3.63, 3.8) is 0 Å². The van der Waals surface area contributed by atoms with E-state index in [1.807, 2.05) is 0 Å². The van der Waals surface area contributed by atoms with Crippen LogP contribution >= 0.6 is 47.1 Å². The van der Waals surface area contributed by atoms with Crippen LogP contribution in [-0.4, -0.2) is 2.72 Å². The molecule has 4 heteroatoms.